The van der Waals surface area contributed by atoms with Crippen LogP contribution < -0.4 is 5.32 Å². The van der Waals surface area contributed by atoms with E-state index >= 15 is 0 Å². The van der Waals surface area contributed by atoms with E-state index in [0.29, 0.717) is 11.8 Å². The molecule has 1 saturated heterocycles. The highest BCUT2D eigenvalue weighted by atomic mass is 19.3. The maximum absolute atomic E-state index is 12.2. The number of halogens is 2. The minimum Gasteiger partial charge on any atom is -0.393 e. The fraction of sp³-hybridized carbons (Fsp3) is 1.00. The van der Waals surface area contributed by atoms with Gasteiger partial charge in [-0.15, -0.1) is 0 Å². The van der Waals surface area contributed by atoms with Gasteiger partial charge in [0.05, 0.1) is 12.6 Å². The molecule has 0 amide bonds. The molecule has 5 heteroatoms. The van der Waals surface area contributed by atoms with E-state index in [0.717, 1.165) is 38.8 Å². The lowest BCUT2D eigenvalue weighted by atomic mass is 9.88. The molecule has 2 aliphatic rings. The van der Waals surface area contributed by atoms with E-state index < -0.39 is 6.43 Å². The number of hydrogen-bond acceptors (Lipinski definition) is 3. The fourth-order valence-corrected chi connectivity index (χ4v) is 3.03. The summed E-state index contributed by atoms with van der Waals surface area (Å²) in [6.45, 7) is 1.57. The topological polar surface area (TPSA) is 35.5 Å². The van der Waals surface area contributed by atoms with Crippen LogP contribution in [0.15, 0.2) is 0 Å². The number of aliphatic hydroxyl groups is 1. The molecule has 0 radical (unpaired) electrons. The molecule has 3 unspecified atom stereocenters. The Labute approximate surface area is 108 Å². The van der Waals surface area contributed by atoms with Gasteiger partial charge < -0.3 is 15.3 Å². The third-order valence-corrected chi connectivity index (χ3v) is 4.02. The zero-order valence-electron chi connectivity index (χ0n) is 11.0. The fourth-order valence-electron chi connectivity index (χ4n) is 3.03. The molecule has 2 fully saturated rings. The highest BCUT2D eigenvalue weighted by Gasteiger charge is 2.33. The molecule has 1 saturated carbocycles. The molecule has 0 aromatic rings. The Morgan fingerprint density at radius 1 is 1.33 bits per heavy atom. The number of piperidine rings is 1. The normalized spacial score (nSPS) is 31.8. The van der Waals surface area contributed by atoms with Crippen molar-refractivity contribution in [3.63, 3.8) is 0 Å². The molecule has 1 aliphatic carbocycles. The van der Waals surface area contributed by atoms with Crippen LogP contribution in [0.5, 0.6) is 0 Å². The molecule has 1 heterocycles. The molecule has 18 heavy (non-hydrogen) atoms. The summed E-state index contributed by atoms with van der Waals surface area (Å²) in [6, 6.07) is 0.133. The zero-order chi connectivity index (χ0) is 13.1. The maximum atomic E-state index is 12.2. The molecule has 106 valence electrons. The summed E-state index contributed by atoms with van der Waals surface area (Å²) in [4.78, 5) is 2.18. The average molecular weight is 262 g/mol. The van der Waals surface area contributed by atoms with Crippen LogP contribution in [0, 0.1) is 11.8 Å². The van der Waals surface area contributed by atoms with Gasteiger partial charge in [-0.1, -0.05) is 0 Å². The van der Waals surface area contributed by atoms with E-state index in [1.165, 1.54) is 0 Å². The largest absolute Gasteiger partial charge is 0.393 e. The highest BCUT2D eigenvalue weighted by Crippen LogP contribution is 2.36. The summed E-state index contributed by atoms with van der Waals surface area (Å²) in [7, 11) is 2.02. The van der Waals surface area contributed by atoms with Crippen molar-refractivity contribution in [1.29, 1.82) is 0 Å². The lowest BCUT2D eigenvalue weighted by molar-refractivity contribution is 0.0772. The summed E-state index contributed by atoms with van der Waals surface area (Å²) < 4.78 is 24.4. The summed E-state index contributed by atoms with van der Waals surface area (Å²) in [5, 5.41) is 12.9. The quantitative estimate of drug-likeness (QED) is 0.758. The molecule has 0 aromatic carbocycles. The standard InChI is InChI=1S/C13H24F2N2O/c1-17-7-9(5-12(18)10-2-3-10)4-11(8-17)16-6-13(14)15/h9-13,16,18H,2-8H2,1H3. The van der Waals surface area contributed by atoms with E-state index in [-0.39, 0.29) is 18.7 Å². The SMILES string of the molecule is CN1CC(CC(O)C2CC2)CC(NCC(F)F)C1. The van der Waals surface area contributed by atoms with Crippen LogP contribution in [0.25, 0.3) is 0 Å². The second-order valence-electron chi connectivity index (χ2n) is 5.96. The van der Waals surface area contributed by atoms with Gasteiger partial charge in [0, 0.05) is 19.1 Å². The Bertz CT molecular complexity index is 261. The molecule has 1 aliphatic heterocycles. The van der Waals surface area contributed by atoms with Crippen molar-refractivity contribution in [3.05, 3.63) is 0 Å². The van der Waals surface area contributed by atoms with E-state index in [9.17, 15) is 13.9 Å². The van der Waals surface area contributed by atoms with E-state index in [4.69, 9.17) is 0 Å². The van der Waals surface area contributed by atoms with Crippen LogP contribution in [-0.4, -0.2) is 55.3 Å². The smallest absolute Gasteiger partial charge is 0.250 e. The first-order valence-electron chi connectivity index (χ1n) is 6.92. The molecule has 0 spiro atoms. The van der Waals surface area contributed by atoms with Gasteiger partial charge in [0.25, 0.3) is 6.43 Å². The Hall–Kier alpha value is -0.260. The molecule has 3 atom stereocenters. The first kappa shape index (κ1) is 14.2. The van der Waals surface area contributed by atoms with E-state index in [1.807, 2.05) is 7.05 Å². The lowest BCUT2D eigenvalue weighted by Gasteiger charge is -2.37. The summed E-state index contributed by atoms with van der Waals surface area (Å²) >= 11 is 0. The van der Waals surface area contributed by atoms with Crippen molar-refractivity contribution in [2.24, 2.45) is 11.8 Å². The van der Waals surface area contributed by atoms with Crippen LogP contribution in [0.1, 0.15) is 25.7 Å². The average Bonchev–Trinajstić information content (AvgIpc) is 3.09. The van der Waals surface area contributed by atoms with Gasteiger partial charge >= 0.3 is 0 Å². The number of likely N-dealkylation sites (N-methyl/N-ethyl adjacent to an activating group) is 1. The van der Waals surface area contributed by atoms with Crippen LogP contribution in [0.3, 0.4) is 0 Å². The van der Waals surface area contributed by atoms with Crippen LogP contribution >= 0.6 is 0 Å². The third kappa shape index (κ3) is 4.44. The van der Waals surface area contributed by atoms with Gasteiger partial charge in [0.1, 0.15) is 0 Å². The number of nitrogens with zero attached hydrogens (tertiary/aromatic N) is 1. The number of likely N-dealkylation sites (tertiary alicyclic amines) is 1. The van der Waals surface area contributed by atoms with Gasteiger partial charge in [0.15, 0.2) is 0 Å². The third-order valence-electron chi connectivity index (χ3n) is 4.02. The van der Waals surface area contributed by atoms with Gasteiger partial charge in [-0.2, -0.15) is 0 Å². The molecule has 2 N–H and O–H groups in total. The minimum absolute atomic E-state index is 0.133. The molecule has 0 aromatic heterocycles. The Balaban J connectivity index is 1.76. The predicted molar refractivity (Wildman–Crippen MR) is 66.7 cm³/mol. The number of aliphatic hydroxyl groups excluding tert-OH is 1. The lowest BCUT2D eigenvalue weighted by Crippen LogP contribution is -2.49. The van der Waals surface area contributed by atoms with Crippen LogP contribution in [-0.2, 0) is 0 Å². The van der Waals surface area contributed by atoms with E-state index in [2.05, 4.69) is 10.2 Å². The van der Waals surface area contributed by atoms with Gasteiger partial charge in [-0.3, -0.25) is 0 Å². The van der Waals surface area contributed by atoms with Crippen molar-refractivity contribution in [2.45, 2.75) is 44.3 Å². The first-order valence-corrected chi connectivity index (χ1v) is 6.92. The second kappa shape index (κ2) is 6.26. The summed E-state index contributed by atoms with van der Waals surface area (Å²) in [5.74, 6) is 0.930. The number of rotatable bonds is 6. The molecular weight excluding hydrogens is 238 g/mol. The summed E-state index contributed by atoms with van der Waals surface area (Å²) in [6.07, 6.45) is 1.56. The maximum Gasteiger partial charge on any atom is 0.250 e. The van der Waals surface area contributed by atoms with Crippen molar-refractivity contribution in [3.8, 4) is 0 Å². The molecule has 3 nitrogen and oxygen atoms in total. The van der Waals surface area contributed by atoms with Crippen molar-refractivity contribution in [1.82, 2.24) is 10.2 Å². The van der Waals surface area contributed by atoms with Gasteiger partial charge in [-0.05, 0) is 44.6 Å². The van der Waals surface area contributed by atoms with E-state index in [1.54, 1.807) is 0 Å². The number of nitrogens with one attached hydrogen (secondary N) is 1. The monoisotopic (exact) mass is 262 g/mol. The molecule has 2 rings (SSSR count). The van der Waals surface area contributed by atoms with Crippen LogP contribution in [0.2, 0.25) is 0 Å². The Morgan fingerprint density at radius 2 is 2.06 bits per heavy atom. The van der Waals surface area contributed by atoms with Crippen LogP contribution in [0.4, 0.5) is 8.78 Å². The van der Waals surface area contributed by atoms with Gasteiger partial charge in [-0.25, -0.2) is 8.78 Å². The minimum atomic E-state index is -2.28. The molecule has 0 bridgehead atoms. The Kier molecular flexibility index (Phi) is 4.92. The highest BCUT2D eigenvalue weighted by molar-refractivity contribution is 4.87. The van der Waals surface area contributed by atoms with Crippen molar-refractivity contribution < 1.29 is 13.9 Å². The number of hydrogen-bond donors (Lipinski definition) is 2. The molecular formula is C13H24F2N2O. The number of alkyl halides is 2. The predicted octanol–water partition coefficient (Wildman–Crippen LogP) is 1.32. The second-order valence-corrected chi connectivity index (χ2v) is 5.96. The van der Waals surface area contributed by atoms with Crippen molar-refractivity contribution in [2.75, 3.05) is 26.7 Å². The Morgan fingerprint density at radius 3 is 2.67 bits per heavy atom. The zero-order valence-corrected chi connectivity index (χ0v) is 11.0. The summed E-state index contributed by atoms with van der Waals surface area (Å²) in [5.41, 5.74) is 0. The van der Waals surface area contributed by atoms with Gasteiger partial charge in [0.2, 0.25) is 0 Å². The first-order chi connectivity index (χ1) is 8.54. The van der Waals surface area contributed by atoms with Crippen molar-refractivity contribution >= 4 is 0 Å².